The van der Waals surface area contributed by atoms with E-state index in [4.69, 9.17) is 0 Å². The molecule has 0 aliphatic carbocycles. The highest BCUT2D eigenvalue weighted by Gasteiger charge is 2.13. The van der Waals surface area contributed by atoms with Crippen LogP contribution in [-0.2, 0) is 11.2 Å². The van der Waals surface area contributed by atoms with Crippen molar-refractivity contribution in [2.75, 3.05) is 5.32 Å². The molecule has 6 heteroatoms. The van der Waals surface area contributed by atoms with Gasteiger partial charge in [-0.25, -0.2) is 14.8 Å². The SMILES string of the molecule is Cc1nc2ccc(NC(=O)Cc3ccccc3C(=O)O)cc2nc1C. The molecule has 0 aliphatic rings. The fraction of sp³-hybridized carbons (Fsp3) is 0.158. The summed E-state index contributed by atoms with van der Waals surface area (Å²) in [5.41, 5.74) is 4.38. The van der Waals surface area contributed by atoms with E-state index in [2.05, 4.69) is 15.3 Å². The summed E-state index contributed by atoms with van der Waals surface area (Å²) in [5, 5.41) is 12.0. The minimum absolute atomic E-state index is 0.0148. The van der Waals surface area contributed by atoms with E-state index < -0.39 is 5.97 Å². The Labute approximate surface area is 144 Å². The number of hydrogen-bond acceptors (Lipinski definition) is 4. The van der Waals surface area contributed by atoms with E-state index in [1.54, 1.807) is 36.4 Å². The molecule has 0 spiro atoms. The first-order valence-electron chi connectivity index (χ1n) is 7.80. The third-order valence-corrected chi connectivity index (χ3v) is 3.96. The number of nitrogens with zero attached hydrogens (tertiary/aromatic N) is 2. The van der Waals surface area contributed by atoms with Crippen molar-refractivity contribution in [1.82, 2.24) is 9.97 Å². The van der Waals surface area contributed by atoms with Crippen molar-refractivity contribution in [3.63, 3.8) is 0 Å². The zero-order chi connectivity index (χ0) is 18.0. The number of anilines is 1. The van der Waals surface area contributed by atoms with E-state index in [-0.39, 0.29) is 17.9 Å². The molecule has 0 saturated carbocycles. The van der Waals surface area contributed by atoms with Crippen molar-refractivity contribution in [2.24, 2.45) is 0 Å². The van der Waals surface area contributed by atoms with E-state index in [9.17, 15) is 14.7 Å². The Balaban J connectivity index is 1.80. The van der Waals surface area contributed by atoms with Crippen molar-refractivity contribution in [3.8, 4) is 0 Å². The van der Waals surface area contributed by atoms with Gasteiger partial charge in [-0.1, -0.05) is 18.2 Å². The average molecular weight is 335 g/mol. The number of benzene rings is 2. The van der Waals surface area contributed by atoms with Crippen LogP contribution in [0.3, 0.4) is 0 Å². The van der Waals surface area contributed by atoms with Gasteiger partial charge < -0.3 is 10.4 Å². The second-order valence-corrected chi connectivity index (χ2v) is 5.79. The summed E-state index contributed by atoms with van der Waals surface area (Å²) in [4.78, 5) is 32.4. The highest BCUT2D eigenvalue weighted by molar-refractivity contribution is 5.97. The Morgan fingerprint density at radius 2 is 1.68 bits per heavy atom. The van der Waals surface area contributed by atoms with Gasteiger partial charge in [0.05, 0.1) is 34.4 Å². The Kier molecular flexibility index (Phi) is 4.43. The molecule has 1 heterocycles. The first-order chi connectivity index (χ1) is 11.9. The number of hydrogen-bond donors (Lipinski definition) is 2. The molecule has 0 radical (unpaired) electrons. The standard InChI is InChI=1S/C19H17N3O3/c1-11-12(2)21-17-10-14(7-8-16(17)20-11)22-18(23)9-13-5-3-4-6-15(13)19(24)25/h3-8,10H,9H2,1-2H3,(H,22,23)(H,24,25). The van der Waals surface area contributed by atoms with E-state index in [1.165, 1.54) is 6.07 Å². The lowest BCUT2D eigenvalue weighted by Crippen LogP contribution is -2.16. The first kappa shape index (κ1) is 16.6. The maximum absolute atomic E-state index is 12.3. The summed E-state index contributed by atoms with van der Waals surface area (Å²) in [6, 6.07) is 11.8. The summed E-state index contributed by atoms with van der Waals surface area (Å²) in [6.07, 6.45) is -0.0148. The molecule has 126 valence electrons. The van der Waals surface area contributed by atoms with Crippen molar-refractivity contribution in [1.29, 1.82) is 0 Å². The molecule has 3 aromatic rings. The fourth-order valence-corrected chi connectivity index (χ4v) is 2.57. The number of amides is 1. The smallest absolute Gasteiger partial charge is 0.335 e. The number of aromatic carboxylic acids is 1. The van der Waals surface area contributed by atoms with Crippen molar-refractivity contribution < 1.29 is 14.7 Å². The molecule has 25 heavy (non-hydrogen) atoms. The second kappa shape index (κ2) is 6.68. The summed E-state index contributed by atoms with van der Waals surface area (Å²) in [6.45, 7) is 3.78. The van der Waals surface area contributed by atoms with Crippen LogP contribution in [0.4, 0.5) is 5.69 Å². The Hall–Kier alpha value is -3.28. The van der Waals surface area contributed by atoms with Gasteiger partial charge in [0.25, 0.3) is 0 Å². The predicted molar refractivity (Wildman–Crippen MR) is 94.7 cm³/mol. The maximum Gasteiger partial charge on any atom is 0.335 e. The quantitative estimate of drug-likeness (QED) is 0.764. The lowest BCUT2D eigenvalue weighted by Gasteiger charge is -2.09. The van der Waals surface area contributed by atoms with E-state index in [1.807, 2.05) is 13.8 Å². The molecular formula is C19H17N3O3. The van der Waals surface area contributed by atoms with E-state index in [0.717, 1.165) is 16.9 Å². The Morgan fingerprint density at radius 1 is 1.00 bits per heavy atom. The minimum atomic E-state index is -1.05. The van der Waals surface area contributed by atoms with Gasteiger partial charge in [-0.2, -0.15) is 0 Å². The van der Waals surface area contributed by atoms with Crippen LogP contribution in [0.1, 0.15) is 27.3 Å². The third-order valence-electron chi connectivity index (χ3n) is 3.96. The molecule has 1 aromatic heterocycles. The van der Waals surface area contributed by atoms with Crippen LogP contribution in [0.15, 0.2) is 42.5 Å². The monoisotopic (exact) mass is 335 g/mol. The van der Waals surface area contributed by atoms with E-state index in [0.29, 0.717) is 16.8 Å². The summed E-state index contributed by atoms with van der Waals surface area (Å²) >= 11 is 0. The number of aryl methyl sites for hydroxylation is 2. The van der Waals surface area contributed by atoms with Gasteiger partial charge in [0, 0.05) is 5.69 Å². The van der Waals surface area contributed by atoms with Crippen LogP contribution in [0.25, 0.3) is 11.0 Å². The first-order valence-corrected chi connectivity index (χ1v) is 7.80. The molecule has 3 rings (SSSR count). The number of rotatable bonds is 4. The van der Waals surface area contributed by atoms with Crippen LogP contribution < -0.4 is 5.32 Å². The number of carboxylic acid groups (broad SMARTS) is 1. The van der Waals surface area contributed by atoms with Crippen LogP contribution >= 0.6 is 0 Å². The van der Waals surface area contributed by atoms with Crippen LogP contribution in [-0.4, -0.2) is 27.0 Å². The van der Waals surface area contributed by atoms with Crippen LogP contribution in [0.5, 0.6) is 0 Å². The number of fused-ring (bicyclic) bond motifs is 1. The lowest BCUT2D eigenvalue weighted by molar-refractivity contribution is -0.115. The average Bonchev–Trinajstić information content (AvgIpc) is 2.56. The number of aromatic nitrogens is 2. The van der Waals surface area contributed by atoms with Crippen molar-refractivity contribution in [2.45, 2.75) is 20.3 Å². The summed E-state index contributed by atoms with van der Waals surface area (Å²) in [7, 11) is 0. The predicted octanol–water partition coefficient (Wildman–Crippen LogP) is 3.13. The molecule has 0 unspecified atom stereocenters. The fourth-order valence-electron chi connectivity index (χ4n) is 2.57. The molecule has 0 bridgehead atoms. The van der Waals surface area contributed by atoms with Gasteiger partial charge >= 0.3 is 5.97 Å². The normalized spacial score (nSPS) is 10.6. The molecule has 0 saturated heterocycles. The summed E-state index contributed by atoms with van der Waals surface area (Å²) in [5.74, 6) is -1.33. The molecule has 1 amide bonds. The zero-order valence-corrected chi connectivity index (χ0v) is 13.9. The highest BCUT2D eigenvalue weighted by Crippen LogP contribution is 2.18. The molecule has 2 aromatic carbocycles. The van der Waals surface area contributed by atoms with Gasteiger partial charge in [0.1, 0.15) is 0 Å². The third kappa shape index (κ3) is 3.63. The summed E-state index contributed by atoms with van der Waals surface area (Å²) < 4.78 is 0. The largest absolute Gasteiger partial charge is 0.478 e. The molecule has 6 nitrogen and oxygen atoms in total. The zero-order valence-electron chi connectivity index (χ0n) is 13.9. The number of carbonyl (C=O) groups is 2. The topological polar surface area (TPSA) is 92.2 Å². The second-order valence-electron chi connectivity index (χ2n) is 5.79. The van der Waals surface area contributed by atoms with Gasteiger partial charge in [0.15, 0.2) is 0 Å². The van der Waals surface area contributed by atoms with Crippen LogP contribution in [0.2, 0.25) is 0 Å². The highest BCUT2D eigenvalue weighted by atomic mass is 16.4. The minimum Gasteiger partial charge on any atom is -0.478 e. The molecule has 2 N–H and O–H groups in total. The Morgan fingerprint density at radius 3 is 2.40 bits per heavy atom. The van der Waals surface area contributed by atoms with Crippen LogP contribution in [0, 0.1) is 13.8 Å². The molecule has 0 atom stereocenters. The van der Waals surface area contributed by atoms with E-state index >= 15 is 0 Å². The maximum atomic E-state index is 12.3. The number of carbonyl (C=O) groups excluding carboxylic acids is 1. The molecular weight excluding hydrogens is 318 g/mol. The van der Waals surface area contributed by atoms with Gasteiger partial charge in [-0.15, -0.1) is 0 Å². The van der Waals surface area contributed by atoms with Gasteiger partial charge in [-0.05, 0) is 43.7 Å². The van der Waals surface area contributed by atoms with Gasteiger partial charge in [-0.3, -0.25) is 4.79 Å². The van der Waals surface area contributed by atoms with Crippen molar-refractivity contribution >= 4 is 28.6 Å². The number of nitrogens with one attached hydrogen (secondary N) is 1. The molecule has 0 fully saturated rings. The van der Waals surface area contributed by atoms with Crippen molar-refractivity contribution in [3.05, 3.63) is 65.0 Å². The number of carboxylic acids is 1. The molecule has 0 aliphatic heterocycles. The van der Waals surface area contributed by atoms with Gasteiger partial charge in [0.2, 0.25) is 5.91 Å². The lowest BCUT2D eigenvalue weighted by atomic mass is 10.0. The Bertz CT molecular complexity index is 983.